The third-order valence-corrected chi connectivity index (χ3v) is 3.36. The first-order valence-electron chi connectivity index (χ1n) is 5.51. The van der Waals surface area contributed by atoms with Crippen LogP contribution in [0.4, 0.5) is 9.52 Å². The van der Waals surface area contributed by atoms with Crippen LogP contribution in [0.3, 0.4) is 0 Å². The van der Waals surface area contributed by atoms with Gasteiger partial charge in [0.25, 0.3) is 5.91 Å². The lowest BCUT2D eigenvalue weighted by atomic mass is 10.2. The van der Waals surface area contributed by atoms with Crippen molar-refractivity contribution in [1.82, 2.24) is 4.98 Å². The van der Waals surface area contributed by atoms with Crippen molar-refractivity contribution in [2.75, 3.05) is 11.9 Å². The number of thiazole rings is 1. The average molecular weight is 310 g/mol. The predicted molar refractivity (Wildman–Crippen MR) is 77.4 cm³/mol. The minimum atomic E-state index is -0.645. The molecule has 0 saturated heterocycles. The summed E-state index contributed by atoms with van der Waals surface area (Å²) in [5.74, 6) is 4.38. The Morgan fingerprint density at radius 3 is 3.05 bits per heavy atom. The maximum atomic E-state index is 13.3. The third kappa shape index (κ3) is 3.54. The normalized spacial score (nSPS) is 9.75. The molecule has 3 N–H and O–H groups in total. The van der Waals surface area contributed by atoms with Gasteiger partial charge in [0.1, 0.15) is 5.82 Å². The molecule has 1 aromatic heterocycles. The zero-order valence-corrected chi connectivity index (χ0v) is 11.7. The highest BCUT2D eigenvalue weighted by atomic mass is 35.5. The molecule has 1 amide bonds. The highest BCUT2D eigenvalue weighted by molar-refractivity contribution is 7.16. The zero-order chi connectivity index (χ0) is 14.5. The summed E-state index contributed by atoms with van der Waals surface area (Å²) in [5, 5.41) is 2.91. The summed E-state index contributed by atoms with van der Waals surface area (Å²) in [6, 6.07) is 3.83. The maximum absolute atomic E-state index is 13.3. The van der Waals surface area contributed by atoms with E-state index in [0.717, 1.165) is 6.07 Å². The van der Waals surface area contributed by atoms with Crippen LogP contribution in [-0.2, 0) is 0 Å². The molecule has 0 aliphatic heterocycles. The number of nitrogens with one attached hydrogen (secondary N) is 1. The smallest absolute Gasteiger partial charge is 0.257 e. The summed E-state index contributed by atoms with van der Waals surface area (Å²) >= 11 is 6.77. The van der Waals surface area contributed by atoms with Gasteiger partial charge in [0, 0.05) is 5.56 Å². The molecule has 2 aromatic rings. The molecule has 102 valence electrons. The van der Waals surface area contributed by atoms with Crippen molar-refractivity contribution in [3.63, 3.8) is 0 Å². The Bertz CT molecular complexity index is 705. The van der Waals surface area contributed by atoms with E-state index in [9.17, 15) is 9.18 Å². The molecule has 0 bridgehead atoms. The van der Waals surface area contributed by atoms with Gasteiger partial charge in [0.15, 0.2) is 5.13 Å². The SMILES string of the molecule is NCC#Cc1cnc(NC(=O)c2ccc(Cl)c(F)c2)s1. The van der Waals surface area contributed by atoms with Crippen LogP contribution in [0.5, 0.6) is 0 Å². The van der Waals surface area contributed by atoms with Crippen LogP contribution in [0.1, 0.15) is 15.2 Å². The molecular weight excluding hydrogens is 301 g/mol. The standard InChI is InChI=1S/C13H9ClFN3OS/c14-10-4-3-8(6-11(10)15)12(19)18-13-17-7-9(20-13)2-1-5-16/h3-4,6-7H,5,16H2,(H,17,18,19). The lowest BCUT2D eigenvalue weighted by Crippen LogP contribution is -2.11. The van der Waals surface area contributed by atoms with Crippen molar-refractivity contribution in [1.29, 1.82) is 0 Å². The van der Waals surface area contributed by atoms with Gasteiger partial charge in [-0.2, -0.15) is 0 Å². The van der Waals surface area contributed by atoms with Crippen LogP contribution in [0, 0.1) is 17.7 Å². The van der Waals surface area contributed by atoms with Gasteiger partial charge in [-0.25, -0.2) is 9.37 Å². The van der Waals surface area contributed by atoms with Crippen molar-refractivity contribution in [2.45, 2.75) is 0 Å². The molecule has 0 unspecified atom stereocenters. The second kappa shape index (κ2) is 6.48. The molecule has 0 aliphatic carbocycles. The van der Waals surface area contributed by atoms with Gasteiger partial charge in [-0.15, -0.1) is 0 Å². The van der Waals surface area contributed by atoms with Gasteiger partial charge in [-0.3, -0.25) is 10.1 Å². The summed E-state index contributed by atoms with van der Waals surface area (Å²) in [4.78, 5) is 16.6. The predicted octanol–water partition coefficient (Wildman–Crippen LogP) is 2.50. The first-order valence-corrected chi connectivity index (χ1v) is 6.71. The summed E-state index contributed by atoms with van der Waals surface area (Å²) in [5.41, 5.74) is 5.42. The molecular formula is C13H9ClFN3OS. The number of nitrogens with two attached hydrogens (primary N) is 1. The Labute approximate surface area is 123 Å². The fourth-order valence-electron chi connectivity index (χ4n) is 1.33. The number of hydrogen-bond donors (Lipinski definition) is 2. The Hall–Kier alpha value is -1.94. The monoisotopic (exact) mass is 309 g/mol. The van der Waals surface area contributed by atoms with Crippen molar-refractivity contribution in [3.8, 4) is 11.8 Å². The molecule has 4 nitrogen and oxygen atoms in total. The van der Waals surface area contributed by atoms with E-state index in [1.165, 1.54) is 29.7 Å². The first-order chi connectivity index (χ1) is 9.60. The topological polar surface area (TPSA) is 68.0 Å². The van der Waals surface area contributed by atoms with E-state index in [0.29, 0.717) is 10.0 Å². The van der Waals surface area contributed by atoms with E-state index < -0.39 is 11.7 Å². The third-order valence-electron chi connectivity index (χ3n) is 2.22. The fourth-order valence-corrected chi connectivity index (χ4v) is 2.14. The number of aromatic nitrogens is 1. The number of anilines is 1. The highest BCUT2D eigenvalue weighted by Crippen LogP contribution is 2.19. The van der Waals surface area contributed by atoms with E-state index in [1.807, 2.05) is 0 Å². The molecule has 0 spiro atoms. The number of nitrogens with zero attached hydrogens (tertiary/aromatic N) is 1. The van der Waals surface area contributed by atoms with E-state index in [4.69, 9.17) is 17.3 Å². The number of carbonyl (C=O) groups excluding carboxylic acids is 1. The Morgan fingerprint density at radius 2 is 2.35 bits per heavy atom. The average Bonchev–Trinajstić information content (AvgIpc) is 2.87. The minimum Gasteiger partial charge on any atom is -0.320 e. The molecule has 0 saturated carbocycles. The molecule has 0 fully saturated rings. The number of benzene rings is 1. The lowest BCUT2D eigenvalue weighted by Gasteiger charge is -2.02. The minimum absolute atomic E-state index is 0.0323. The van der Waals surface area contributed by atoms with Crippen LogP contribution >= 0.6 is 22.9 Å². The molecule has 20 heavy (non-hydrogen) atoms. The van der Waals surface area contributed by atoms with Gasteiger partial charge in [-0.05, 0) is 18.2 Å². The van der Waals surface area contributed by atoms with Gasteiger partial charge < -0.3 is 5.73 Å². The second-order valence-corrected chi connectivity index (χ2v) is 5.06. The molecule has 0 atom stereocenters. The van der Waals surface area contributed by atoms with Crippen LogP contribution in [0.25, 0.3) is 0 Å². The number of rotatable bonds is 2. The van der Waals surface area contributed by atoms with Gasteiger partial charge in [-0.1, -0.05) is 34.8 Å². The summed E-state index contributed by atoms with van der Waals surface area (Å²) in [6.07, 6.45) is 1.53. The Kier molecular flexibility index (Phi) is 4.69. The van der Waals surface area contributed by atoms with E-state index in [1.54, 1.807) is 0 Å². The van der Waals surface area contributed by atoms with Gasteiger partial charge in [0.2, 0.25) is 0 Å². The van der Waals surface area contributed by atoms with E-state index >= 15 is 0 Å². The van der Waals surface area contributed by atoms with E-state index in [-0.39, 0.29) is 17.1 Å². The largest absolute Gasteiger partial charge is 0.320 e. The second-order valence-electron chi connectivity index (χ2n) is 3.62. The summed E-state index contributed by atoms with van der Waals surface area (Å²) in [6.45, 7) is 0.254. The summed E-state index contributed by atoms with van der Waals surface area (Å²) in [7, 11) is 0. The molecule has 0 aliphatic rings. The van der Waals surface area contributed by atoms with E-state index in [2.05, 4.69) is 22.1 Å². The Balaban J connectivity index is 2.11. The van der Waals surface area contributed by atoms with Crippen LogP contribution < -0.4 is 11.1 Å². The fraction of sp³-hybridized carbons (Fsp3) is 0.0769. The number of hydrogen-bond acceptors (Lipinski definition) is 4. The molecule has 2 rings (SSSR count). The lowest BCUT2D eigenvalue weighted by molar-refractivity contribution is 0.102. The molecule has 1 aromatic carbocycles. The maximum Gasteiger partial charge on any atom is 0.257 e. The molecule has 1 heterocycles. The van der Waals surface area contributed by atoms with Crippen molar-refractivity contribution >= 4 is 34.0 Å². The first kappa shape index (κ1) is 14.5. The molecule has 7 heteroatoms. The van der Waals surface area contributed by atoms with Crippen LogP contribution in [0.2, 0.25) is 5.02 Å². The zero-order valence-electron chi connectivity index (χ0n) is 10.1. The number of amides is 1. The van der Waals surface area contributed by atoms with Crippen molar-refractivity contribution in [3.05, 3.63) is 45.7 Å². The van der Waals surface area contributed by atoms with Crippen molar-refractivity contribution < 1.29 is 9.18 Å². The van der Waals surface area contributed by atoms with Crippen LogP contribution in [-0.4, -0.2) is 17.4 Å². The van der Waals surface area contributed by atoms with Crippen LogP contribution in [0.15, 0.2) is 24.4 Å². The quantitative estimate of drug-likeness (QED) is 0.838. The van der Waals surface area contributed by atoms with Gasteiger partial charge >= 0.3 is 0 Å². The Morgan fingerprint density at radius 1 is 1.55 bits per heavy atom. The summed E-state index contributed by atoms with van der Waals surface area (Å²) < 4.78 is 13.3. The number of carbonyl (C=O) groups is 1. The number of halogens is 2. The van der Waals surface area contributed by atoms with Gasteiger partial charge in [0.05, 0.1) is 22.6 Å². The molecule has 0 radical (unpaired) electrons. The highest BCUT2D eigenvalue weighted by Gasteiger charge is 2.11. The van der Waals surface area contributed by atoms with Crippen molar-refractivity contribution in [2.24, 2.45) is 5.73 Å².